The molecule has 0 radical (unpaired) electrons. The highest BCUT2D eigenvalue weighted by molar-refractivity contribution is 8.00. The monoisotopic (exact) mass is 464 g/mol. The first-order valence-corrected chi connectivity index (χ1v) is 12.0. The lowest BCUT2D eigenvalue weighted by Crippen LogP contribution is -2.27. The van der Waals surface area contributed by atoms with Gasteiger partial charge in [0.15, 0.2) is 0 Å². The van der Waals surface area contributed by atoms with E-state index in [1.54, 1.807) is 11.8 Å². The quantitative estimate of drug-likeness (QED) is 0.453. The molecule has 1 atom stereocenters. The van der Waals surface area contributed by atoms with E-state index in [4.69, 9.17) is 11.6 Å². The minimum atomic E-state index is -0.141. The number of hydrogen-bond acceptors (Lipinski definition) is 3. The Labute approximate surface area is 198 Å². The zero-order valence-electron chi connectivity index (χ0n) is 18.0. The molecule has 1 aliphatic heterocycles. The van der Waals surface area contributed by atoms with Crippen molar-refractivity contribution in [2.45, 2.75) is 31.7 Å². The summed E-state index contributed by atoms with van der Waals surface area (Å²) < 4.78 is 0. The van der Waals surface area contributed by atoms with Gasteiger partial charge in [-0.25, -0.2) is 0 Å². The van der Waals surface area contributed by atoms with Crippen LogP contribution in [0.5, 0.6) is 0 Å². The molecule has 0 saturated carbocycles. The predicted octanol–water partition coefficient (Wildman–Crippen LogP) is 6.49. The molecule has 1 heterocycles. The van der Waals surface area contributed by atoms with Crippen LogP contribution in [0.4, 0.5) is 5.69 Å². The van der Waals surface area contributed by atoms with E-state index in [0.29, 0.717) is 28.8 Å². The molecule has 0 aliphatic carbocycles. The van der Waals surface area contributed by atoms with Crippen LogP contribution >= 0.6 is 23.4 Å². The van der Waals surface area contributed by atoms with Crippen molar-refractivity contribution in [3.05, 3.63) is 100 Å². The average Bonchev–Trinajstić information content (AvgIpc) is 3.15. The molecular formula is C26H25ClN2O2S. The summed E-state index contributed by atoms with van der Waals surface area (Å²) in [6, 6.07) is 23.0. The van der Waals surface area contributed by atoms with Gasteiger partial charge in [-0.3, -0.25) is 9.59 Å². The second kappa shape index (κ2) is 9.80. The molecule has 32 heavy (non-hydrogen) atoms. The molecule has 1 N–H and O–H groups in total. The van der Waals surface area contributed by atoms with Crippen molar-refractivity contribution in [1.29, 1.82) is 0 Å². The van der Waals surface area contributed by atoms with Crippen LogP contribution in [0, 0.1) is 0 Å². The first-order chi connectivity index (χ1) is 15.4. The minimum Gasteiger partial charge on any atom is -0.322 e. The molecule has 4 rings (SSSR count). The van der Waals surface area contributed by atoms with E-state index in [0.717, 1.165) is 22.4 Å². The van der Waals surface area contributed by atoms with Crippen LogP contribution in [0.15, 0.2) is 72.8 Å². The average molecular weight is 465 g/mol. The molecule has 1 aliphatic rings. The molecule has 1 fully saturated rings. The summed E-state index contributed by atoms with van der Waals surface area (Å²) in [6.45, 7) is 4.74. The number of thioether (sulfide) groups is 1. The number of nitrogens with one attached hydrogen (secondary N) is 1. The molecule has 4 nitrogen and oxygen atoms in total. The van der Waals surface area contributed by atoms with Crippen LogP contribution < -0.4 is 5.32 Å². The minimum absolute atomic E-state index is 0.0723. The second-order valence-electron chi connectivity index (χ2n) is 8.13. The van der Waals surface area contributed by atoms with Gasteiger partial charge >= 0.3 is 0 Å². The third-order valence-corrected chi connectivity index (χ3v) is 7.03. The SMILES string of the molecule is CC(C)c1ccccc1NC(=O)c1ccc([C@@H]2SCC(=O)N2Cc2ccc(Cl)cc2)cc1. The second-order valence-corrected chi connectivity index (χ2v) is 9.63. The Bertz CT molecular complexity index is 1110. The maximum atomic E-state index is 12.8. The van der Waals surface area contributed by atoms with Gasteiger partial charge in [0.05, 0.1) is 5.75 Å². The maximum absolute atomic E-state index is 12.8. The lowest BCUT2D eigenvalue weighted by Gasteiger charge is -2.24. The Balaban J connectivity index is 1.48. The van der Waals surface area contributed by atoms with Crippen molar-refractivity contribution < 1.29 is 9.59 Å². The van der Waals surface area contributed by atoms with Gasteiger partial charge in [0.1, 0.15) is 5.37 Å². The molecule has 0 bridgehead atoms. The van der Waals surface area contributed by atoms with Crippen LogP contribution in [-0.4, -0.2) is 22.5 Å². The normalized spacial score (nSPS) is 15.9. The smallest absolute Gasteiger partial charge is 0.255 e. The van der Waals surface area contributed by atoms with Gasteiger partial charge in [0.2, 0.25) is 5.91 Å². The highest BCUT2D eigenvalue weighted by atomic mass is 35.5. The van der Waals surface area contributed by atoms with E-state index >= 15 is 0 Å². The lowest BCUT2D eigenvalue weighted by atomic mass is 10.0. The fourth-order valence-electron chi connectivity index (χ4n) is 3.80. The van der Waals surface area contributed by atoms with E-state index in [2.05, 4.69) is 19.2 Å². The van der Waals surface area contributed by atoms with Gasteiger partial charge in [-0.05, 0) is 52.9 Å². The van der Waals surface area contributed by atoms with Crippen molar-refractivity contribution in [3.8, 4) is 0 Å². The maximum Gasteiger partial charge on any atom is 0.255 e. The van der Waals surface area contributed by atoms with E-state index in [9.17, 15) is 9.59 Å². The first-order valence-electron chi connectivity index (χ1n) is 10.6. The molecule has 0 unspecified atom stereocenters. The third-order valence-electron chi connectivity index (χ3n) is 5.52. The van der Waals surface area contributed by atoms with Crippen molar-refractivity contribution in [3.63, 3.8) is 0 Å². The van der Waals surface area contributed by atoms with Gasteiger partial charge in [0.25, 0.3) is 5.91 Å². The van der Waals surface area contributed by atoms with E-state index in [1.807, 2.05) is 77.7 Å². The van der Waals surface area contributed by atoms with Gasteiger partial charge in [-0.15, -0.1) is 11.8 Å². The van der Waals surface area contributed by atoms with Gasteiger partial charge in [-0.1, -0.05) is 67.9 Å². The summed E-state index contributed by atoms with van der Waals surface area (Å²) in [5.41, 5.74) is 4.58. The first kappa shape index (κ1) is 22.4. The summed E-state index contributed by atoms with van der Waals surface area (Å²) in [7, 11) is 0. The van der Waals surface area contributed by atoms with Crippen molar-refractivity contribution in [2.75, 3.05) is 11.1 Å². The topological polar surface area (TPSA) is 49.4 Å². The van der Waals surface area contributed by atoms with Gasteiger partial charge < -0.3 is 10.2 Å². The zero-order chi connectivity index (χ0) is 22.7. The number of para-hydroxylation sites is 1. The standard InChI is InChI=1S/C26H25ClN2O2S/c1-17(2)22-5-3-4-6-23(22)28-25(31)19-9-11-20(12-10-19)26-29(24(30)16-32-26)15-18-7-13-21(27)14-8-18/h3-14,17,26H,15-16H2,1-2H3,(H,28,31)/t26-/m0/s1. The van der Waals surface area contributed by atoms with Crippen molar-refractivity contribution >= 4 is 40.9 Å². The van der Waals surface area contributed by atoms with Crippen LogP contribution in [0.2, 0.25) is 5.02 Å². The highest BCUT2D eigenvalue weighted by Gasteiger charge is 2.32. The molecule has 1 saturated heterocycles. The van der Waals surface area contributed by atoms with E-state index in [-0.39, 0.29) is 17.2 Å². The number of anilines is 1. The number of benzene rings is 3. The number of halogens is 1. The predicted molar refractivity (Wildman–Crippen MR) is 132 cm³/mol. The number of nitrogens with zero attached hydrogens (tertiary/aromatic N) is 1. The largest absolute Gasteiger partial charge is 0.322 e. The van der Waals surface area contributed by atoms with E-state index in [1.165, 1.54) is 0 Å². The highest BCUT2D eigenvalue weighted by Crippen LogP contribution is 2.39. The lowest BCUT2D eigenvalue weighted by molar-refractivity contribution is -0.128. The Morgan fingerprint density at radius 1 is 1.06 bits per heavy atom. The van der Waals surface area contributed by atoms with Crippen LogP contribution in [0.3, 0.4) is 0 Å². The molecule has 0 aromatic heterocycles. The summed E-state index contributed by atoms with van der Waals surface area (Å²) >= 11 is 7.59. The molecule has 6 heteroatoms. The molecule has 2 amide bonds. The number of carbonyl (C=O) groups excluding carboxylic acids is 2. The summed E-state index contributed by atoms with van der Waals surface area (Å²) in [5.74, 6) is 0.740. The summed E-state index contributed by atoms with van der Waals surface area (Å²) in [4.78, 5) is 27.2. The summed E-state index contributed by atoms with van der Waals surface area (Å²) in [5, 5.41) is 3.64. The Hall–Kier alpha value is -2.76. The molecule has 0 spiro atoms. The Morgan fingerprint density at radius 2 is 1.75 bits per heavy atom. The van der Waals surface area contributed by atoms with Crippen molar-refractivity contribution in [2.24, 2.45) is 0 Å². The summed E-state index contributed by atoms with van der Waals surface area (Å²) in [6.07, 6.45) is 0. The number of rotatable bonds is 6. The van der Waals surface area contributed by atoms with Gasteiger partial charge in [0, 0.05) is 22.8 Å². The van der Waals surface area contributed by atoms with Gasteiger partial charge in [-0.2, -0.15) is 0 Å². The number of amides is 2. The molecule has 3 aromatic carbocycles. The fourth-order valence-corrected chi connectivity index (χ4v) is 5.11. The molecule has 3 aromatic rings. The fraction of sp³-hybridized carbons (Fsp3) is 0.231. The number of hydrogen-bond donors (Lipinski definition) is 1. The molecule has 164 valence electrons. The molecular weight excluding hydrogens is 440 g/mol. The Kier molecular flexibility index (Phi) is 6.87. The van der Waals surface area contributed by atoms with Crippen molar-refractivity contribution in [1.82, 2.24) is 4.90 Å². The zero-order valence-corrected chi connectivity index (χ0v) is 19.6. The van der Waals surface area contributed by atoms with Crippen LogP contribution in [0.25, 0.3) is 0 Å². The van der Waals surface area contributed by atoms with Crippen LogP contribution in [-0.2, 0) is 11.3 Å². The van der Waals surface area contributed by atoms with Crippen LogP contribution in [0.1, 0.15) is 52.2 Å². The third kappa shape index (κ3) is 5.00. The van der Waals surface area contributed by atoms with E-state index < -0.39 is 0 Å². The number of carbonyl (C=O) groups is 2. The Morgan fingerprint density at radius 3 is 2.44 bits per heavy atom.